The van der Waals surface area contributed by atoms with Gasteiger partial charge in [0, 0.05) is 44.6 Å². The van der Waals surface area contributed by atoms with E-state index in [1.54, 1.807) is 0 Å². The Kier molecular flexibility index (Phi) is 7.06. The molecule has 0 saturated carbocycles. The van der Waals surface area contributed by atoms with E-state index in [4.69, 9.17) is 4.74 Å². The van der Waals surface area contributed by atoms with Crippen LogP contribution in [0.3, 0.4) is 0 Å². The molecule has 0 atom stereocenters. The second-order valence-corrected chi connectivity index (χ2v) is 5.45. The van der Waals surface area contributed by atoms with Crippen LogP contribution < -0.4 is 5.32 Å². The molecule has 2 rings (SSSR count). The van der Waals surface area contributed by atoms with E-state index in [0.717, 1.165) is 38.4 Å². The van der Waals surface area contributed by atoms with Crippen molar-refractivity contribution in [2.75, 3.05) is 39.4 Å². The van der Waals surface area contributed by atoms with E-state index in [-0.39, 0.29) is 11.7 Å². The normalized spacial score (nSPS) is 15.5. The molecule has 22 heavy (non-hydrogen) atoms. The number of ether oxygens (including phenoxy) is 1. The first-order valence-electron chi connectivity index (χ1n) is 7.91. The monoisotopic (exact) mass is 304 g/mol. The standard InChI is InChI=1S/C17H24N2O3/c20-16(15-5-2-1-3-6-15)7-4-8-17(21)18-9-10-19-11-13-22-14-12-19/h1-3,5-6H,4,7-14H2,(H,18,21). The van der Waals surface area contributed by atoms with Crippen LogP contribution in [0, 0.1) is 0 Å². The van der Waals surface area contributed by atoms with Gasteiger partial charge in [-0.15, -0.1) is 0 Å². The minimum absolute atomic E-state index is 0.0223. The van der Waals surface area contributed by atoms with Gasteiger partial charge in [-0.3, -0.25) is 14.5 Å². The molecule has 120 valence electrons. The predicted octanol–water partition coefficient (Wildman–Crippen LogP) is 1.49. The van der Waals surface area contributed by atoms with Gasteiger partial charge in [-0.1, -0.05) is 30.3 Å². The van der Waals surface area contributed by atoms with Crippen LogP contribution in [0.2, 0.25) is 0 Å². The maximum absolute atomic E-state index is 11.9. The number of carbonyl (C=O) groups is 2. The predicted molar refractivity (Wildman–Crippen MR) is 84.9 cm³/mol. The van der Waals surface area contributed by atoms with Gasteiger partial charge in [-0.2, -0.15) is 0 Å². The number of hydrogen-bond acceptors (Lipinski definition) is 4. The highest BCUT2D eigenvalue weighted by Gasteiger charge is 2.10. The molecule has 5 nitrogen and oxygen atoms in total. The van der Waals surface area contributed by atoms with Crippen molar-refractivity contribution in [3.8, 4) is 0 Å². The summed E-state index contributed by atoms with van der Waals surface area (Å²) < 4.78 is 5.28. The van der Waals surface area contributed by atoms with Gasteiger partial charge in [0.2, 0.25) is 5.91 Å². The molecule has 1 aliphatic heterocycles. The van der Waals surface area contributed by atoms with Crippen LogP contribution in [0.5, 0.6) is 0 Å². The average Bonchev–Trinajstić information content (AvgIpc) is 2.56. The van der Waals surface area contributed by atoms with Crippen molar-refractivity contribution in [3.63, 3.8) is 0 Å². The highest BCUT2D eigenvalue weighted by molar-refractivity contribution is 5.96. The Morgan fingerprint density at radius 3 is 2.55 bits per heavy atom. The van der Waals surface area contributed by atoms with Gasteiger partial charge in [0.05, 0.1) is 13.2 Å². The summed E-state index contributed by atoms with van der Waals surface area (Å²) in [4.78, 5) is 25.9. The van der Waals surface area contributed by atoms with Gasteiger partial charge in [-0.05, 0) is 6.42 Å². The number of nitrogens with one attached hydrogen (secondary N) is 1. The third-order valence-electron chi connectivity index (χ3n) is 3.76. The molecule has 0 aromatic heterocycles. The summed E-state index contributed by atoms with van der Waals surface area (Å²) in [5.41, 5.74) is 0.718. The summed E-state index contributed by atoms with van der Waals surface area (Å²) in [6.07, 6.45) is 1.42. The quantitative estimate of drug-likeness (QED) is 0.739. The third-order valence-corrected chi connectivity index (χ3v) is 3.76. The molecule has 1 fully saturated rings. The van der Waals surface area contributed by atoms with Crippen LogP contribution in [0.1, 0.15) is 29.6 Å². The first-order chi connectivity index (χ1) is 10.8. The number of benzene rings is 1. The van der Waals surface area contributed by atoms with E-state index in [1.807, 2.05) is 30.3 Å². The van der Waals surface area contributed by atoms with Gasteiger partial charge in [-0.25, -0.2) is 0 Å². The summed E-state index contributed by atoms with van der Waals surface area (Å²) in [7, 11) is 0. The van der Waals surface area contributed by atoms with Crippen molar-refractivity contribution in [2.45, 2.75) is 19.3 Å². The van der Waals surface area contributed by atoms with Crippen LogP contribution in [0.15, 0.2) is 30.3 Å². The smallest absolute Gasteiger partial charge is 0.220 e. The lowest BCUT2D eigenvalue weighted by Gasteiger charge is -2.26. The topological polar surface area (TPSA) is 58.6 Å². The minimum Gasteiger partial charge on any atom is -0.379 e. The second kappa shape index (κ2) is 9.33. The molecule has 1 heterocycles. The Bertz CT molecular complexity index is 470. The molecule has 0 bridgehead atoms. The summed E-state index contributed by atoms with van der Waals surface area (Å²) in [6.45, 7) is 4.93. The number of rotatable bonds is 8. The molecule has 0 spiro atoms. The first kappa shape index (κ1) is 16.6. The number of amides is 1. The Labute approximate surface area is 131 Å². The lowest BCUT2D eigenvalue weighted by atomic mass is 10.1. The van der Waals surface area contributed by atoms with E-state index in [2.05, 4.69) is 10.2 Å². The van der Waals surface area contributed by atoms with E-state index >= 15 is 0 Å². The van der Waals surface area contributed by atoms with Crippen molar-refractivity contribution < 1.29 is 14.3 Å². The van der Waals surface area contributed by atoms with E-state index in [0.29, 0.717) is 25.8 Å². The van der Waals surface area contributed by atoms with Crippen molar-refractivity contribution in [1.29, 1.82) is 0 Å². The molecule has 0 unspecified atom stereocenters. The van der Waals surface area contributed by atoms with Gasteiger partial charge < -0.3 is 10.1 Å². The molecule has 0 radical (unpaired) electrons. The number of nitrogens with zero attached hydrogens (tertiary/aromatic N) is 1. The molecular weight excluding hydrogens is 280 g/mol. The Balaban J connectivity index is 1.55. The van der Waals surface area contributed by atoms with Crippen LogP contribution in [0.4, 0.5) is 0 Å². The summed E-state index contributed by atoms with van der Waals surface area (Å²) in [6, 6.07) is 9.21. The number of morpholine rings is 1. The van der Waals surface area contributed by atoms with Crippen LogP contribution in [-0.4, -0.2) is 56.0 Å². The molecular formula is C17H24N2O3. The first-order valence-corrected chi connectivity index (χ1v) is 7.91. The van der Waals surface area contributed by atoms with Gasteiger partial charge >= 0.3 is 0 Å². The van der Waals surface area contributed by atoms with Crippen LogP contribution >= 0.6 is 0 Å². The average molecular weight is 304 g/mol. The summed E-state index contributed by atoms with van der Waals surface area (Å²) in [5.74, 6) is 0.121. The Morgan fingerprint density at radius 1 is 1.09 bits per heavy atom. The van der Waals surface area contributed by atoms with Gasteiger partial charge in [0.25, 0.3) is 0 Å². The number of Topliss-reactive ketones (excluding diaryl/α,β-unsaturated/α-hetero) is 1. The maximum Gasteiger partial charge on any atom is 0.220 e. The van der Waals surface area contributed by atoms with Crippen molar-refractivity contribution in [1.82, 2.24) is 10.2 Å². The van der Waals surface area contributed by atoms with Crippen molar-refractivity contribution in [2.24, 2.45) is 0 Å². The number of hydrogen-bond donors (Lipinski definition) is 1. The summed E-state index contributed by atoms with van der Waals surface area (Å²) >= 11 is 0. The fourth-order valence-electron chi connectivity index (χ4n) is 2.44. The van der Waals surface area contributed by atoms with Crippen LogP contribution in [0.25, 0.3) is 0 Å². The summed E-state index contributed by atoms with van der Waals surface area (Å²) in [5, 5.41) is 2.91. The largest absolute Gasteiger partial charge is 0.379 e. The van der Waals surface area contributed by atoms with Crippen molar-refractivity contribution in [3.05, 3.63) is 35.9 Å². The van der Waals surface area contributed by atoms with Gasteiger partial charge in [0.15, 0.2) is 5.78 Å². The Morgan fingerprint density at radius 2 is 1.82 bits per heavy atom. The molecule has 0 aliphatic carbocycles. The Hall–Kier alpha value is -1.72. The molecule has 5 heteroatoms. The number of ketones is 1. The molecule has 1 aliphatic rings. The third kappa shape index (κ3) is 5.95. The zero-order chi connectivity index (χ0) is 15.6. The fourth-order valence-corrected chi connectivity index (χ4v) is 2.44. The SMILES string of the molecule is O=C(CCCC(=O)c1ccccc1)NCCN1CCOCC1. The lowest BCUT2D eigenvalue weighted by Crippen LogP contribution is -2.41. The van der Waals surface area contributed by atoms with Crippen LogP contribution in [-0.2, 0) is 9.53 Å². The number of carbonyl (C=O) groups excluding carboxylic acids is 2. The van der Waals surface area contributed by atoms with Gasteiger partial charge in [0.1, 0.15) is 0 Å². The lowest BCUT2D eigenvalue weighted by molar-refractivity contribution is -0.121. The molecule has 1 N–H and O–H groups in total. The zero-order valence-corrected chi connectivity index (χ0v) is 12.9. The highest BCUT2D eigenvalue weighted by atomic mass is 16.5. The van der Waals surface area contributed by atoms with E-state index < -0.39 is 0 Å². The molecule has 1 amide bonds. The molecule has 1 aromatic rings. The fraction of sp³-hybridized carbons (Fsp3) is 0.529. The maximum atomic E-state index is 11.9. The second-order valence-electron chi connectivity index (χ2n) is 5.45. The zero-order valence-electron chi connectivity index (χ0n) is 12.9. The molecule has 1 saturated heterocycles. The van der Waals surface area contributed by atoms with Crippen molar-refractivity contribution >= 4 is 11.7 Å². The minimum atomic E-state index is 0.0223. The van der Waals surface area contributed by atoms with E-state index in [9.17, 15) is 9.59 Å². The molecule has 1 aromatic carbocycles. The van der Waals surface area contributed by atoms with E-state index in [1.165, 1.54) is 0 Å². The highest BCUT2D eigenvalue weighted by Crippen LogP contribution is 2.06.